The second-order valence-corrected chi connectivity index (χ2v) is 11.0. The molecule has 3 aromatic carbocycles. The number of morpholine rings is 1. The van der Waals surface area contributed by atoms with Crippen LogP contribution in [0.4, 0.5) is 11.4 Å². The van der Waals surface area contributed by atoms with Crippen LogP contribution in [0.5, 0.6) is 11.5 Å². The van der Waals surface area contributed by atoms with Crippen LogP contribution in [0.1, 0.15) is 17.2 Å². The number of fused-ring (bicyclic) bond motifs is 1. The molecule has 0 aromatic heterocycles. The molecule has 208 valence electrons. The van der Waals surface area contributed by atoms with Crippen molar-refractivity contribution in [3.63, 3.8) is 0 Å². The Kier molecular flexibility index (Phi) is 9.00. The molecule has 1 fully saturated rings. The van der Waals surface area contributed by atoms with E-state index >= 15 is 0 Å². The molecule has 3 aromatic rings. The Morgan fingerprint density at radius 2 is 1.79 bits per heavy atom. The van der Waals surface area contributed by atoms with E-state index < -0.39 is 22.0 Å². The number of carbonyl (C=O) groups excluding carboxylic acids is 1. The van der Waals surface area contributed by atoms with Crippen LogP contribution in [0, 0.1) is 11.8 Å². The Bertz CT molecular complexity index is 1460. The van der Waals surface area contributed by atoms with Gasteiger partial charge in [0, 0.05) is 25.0 Å². The molecule has 1 unspecified atom stereocenters. The van der Waals surface area contributed by atoms with Crippen molar-refractivity contribution < 1.29 is 27.4 Å². The van der Waals surface area contributed by atoms with Crippen molar-refractivity contribution in [2.24, 2.45) is 5.18 Å². The van der Waals surface area contributed by atoms with Crippen LogP contribution in [0.25, 0.3) is 10.8 Å². The van der Waals surface area contributed by atoms with Crippen molar-refractivity contribution in [2.45, 2.75) is 13.0 Å². The van der Waals surface area contributed by atoms with Gasteiger partial charge in [0.05, 0.1) is 38.0 Å². The highest BCUT2D eigenvalue weighted by molar-refractivity contribution is 7.92. The third-order valence-electron chi connectivity index (χ3n) is 6.33. The van der Waals surface area contributed by atoms with Gasteiger partial charge in [0.15, 0.2) is 11.8 Å². The second kappa shape index (κ2) is 12.4. The van der Waals surface area contributed by atoms with Gasteiger partial charge in [-0.2, -0.15) is 0 Å². The Hall–Kier alpha value is -3.74. The minimum absolute atomic E-state index is 0.109. The molecule has 1 aliphatic heterocycles. The first-order valence-corrected chi connectivity index (χ1v) is 14.3. The molecule has 0 aliphatic carbocycles. The van der Waals surface area contributed by atoms with Crippen LogP contribution in [0.15, 0.2) is 53.7 Å². The number of ether oxygens (including phenoxy) is 3. The predicted molar refractivity (Wildman–Crippen MR) is 150 cm³/mol. The van der Waals surface area contributed by atoms with Gasteiger partial charge >= 0.3 is 0 Å². The van der Waals surface area contributed by atoms with E-state index in [1.165, 1.54) is 7.11 Å². The van der Waals surface area contributed by atoms with E-state index in [1.54, 1.807) is 31.2 Å². The van der Waals surface area contributed by atoms with E-state index in [0.29, 0.717) is 42.1 Å². The minimum Gasteiger partial charge on any atom is -0.492 e. The number of nitroso groups, excluding NO2 is 1. The highest BCUT2D eigenvalue weighted by Crippen LogP contribution is 2.37. The van der Waals surface area contributed by atoms with Crippen LogP contribution in [-0.2, 0) is 19.6 Å². The fraction of sp³-hybridized carbons (Fsp3) is 0.370. The molecule has 2 N–H and O–H groups in total. The van der Waals surface area contributed by atoms with Crippen LogP contribution < -0.4 is 19.5 Å². The second-order valence-electron chi connectivity index (χ2n) is 9.27. The molecule has 0 spiro atoms. The van der Waals surface area contributed by atoms with Gasteiger partial charge in [-0.1, -0.05) is 35.5 Å². The number of nitrogens with one attached hydrogen (secondary N) is 2. The Morgan fingerprint density at radius 3 is 2.46 bits per heavy atom. The lowest BCUT2D eigenvalue weighted by molar-refractivity contribution is -0.117. The van der Waals surface area contributed by atoms with Crippen molar-refractivity contribution in [1.29, 1.82) is 0 Å². The highest BCUT2D eigenvalue weighted by Gasteiger charge is 2.26. The van der Waals surface area contributed by atoms with Gasteiger partial charge in [0.2, 0.25) is 10.0 Å². The Morgan fingerprint density at radius 1 is 1.10 bits per heavy atom. The van der Waals surface area contributed by atoms with Gasteiger partial charge < -0.3 is 19.5 Å². The lowest BCUT2D eigenvalue weighted by Crippen LogP contribution is -2.38. The zero-order valence-electron chi connectivity index (χ0n) is 22.1. The van der Waals surface area contributed by atoms with E-state index in [2.05, 4.69) is 20.1 Å². The number of amides is 1. The topological polar surface area (TPSA) is 136 Å². The summed E-state index contributed by atoms with van der Waals surface area (Å²) in [7, 11) is -2.25. The lowest BCUT2D eigenvalue weighted by Gasteiger charge is -2.26. The van der Waals surface area contributed by atoms with Crippen molar-refractivity contribution in [1.82, 2.24) is 4.90 Å². The summed E-state index contributed by atoms with van der Waals surface area (Å²) in [5.74, 6) is 0.0627. The van der Waals surface area contributed by atoms with E-state index in [0.717, 1.165) is 31.3 Å². The van der Waals surface area contributed by atoms with Crippen molar-refractivity contribution >= 4 is 38.1 Å². The fourth-order valence-electron chi connectivity index (χ4n) is 4.58. The first kappa shape index (κ1) is 28.3. The summed E-state index contributed by atoms with van der Waals surface area (Å²) in [6, 6.07) is 12.6. The zero-order chi connectivity index (χ0) is 28.0. The van der Waals surface area contributed by atoms with Gasteiger partial charge in [0.25, 0.3) is 5.91 Å². The monoisotopic (exact) mass is 556 g/mol. The minimum atomic E-state index is -3.61. The zero-order valence-corrected chi connectivity index (χ0v) is 22.9. The first-order chi connectivity index (χ1) is 18.7. The van der Waals surface area contributed by atoms with Crippen molar-refractivity contribution in [3.8, 4) is 11.5 Å². The number of carbonyl (C=O) groups is 1. The molecular formula is C27H32N4O7S. The molecule has 1 heterocycles. The molecule has 1 saturated heterocycles. The van der Waals surface area contributed by atoms with Gasteiger partial charge in [-0.15, -0.1) is 4.91 Å². The molecular weight excluding hydrogens is 524 g/mol. The van der Waals surface area contributed by atoms with E-state index in [-0.39, 0.29) is 17.1 Å². The maximum atomic E-state index is 13.3. The Balaban J connectivity index is 1.59. The Labute approximate surface area is 227 Å². The van der Waals surface area contributed by atoms with Crippen LogP contribution in [0.3, 0.4) is 0 Å². The van der Waals surface area contributed by atoms with Gasteiger partial charge in [0.1, 0.15) is 12.4 Å². The largest absolute Gasteiger partial charge is 0.492 e. The van der Waals surface area contributed by atoms with Crippen LogP contribution in [-0.4, -0.2) is 72.0 Å². The number of nitrogens with zero attached hydrogens (tertiary/aromatic N) is 2. The maximum Gasteiger partial charge on any atom is 0.257 e. The predicted octanol–water partition coefficient (Wildman–Crippen LogP) is 3.69. The standard InChI is InChI=1S/C27H32N4O7S/c1-18-16-22(26(36-2)23(17-18)30-39(3,34)35)28-27(32)25(29-33)21-8-9-24(20-7-5-4-6-19(20)21)38-15-12-31-10-13-37-14-11-31/h4-9,16-17,25,30H,10-15H2,1-3H3,(H,28,32). The van der Waals surface area contributed by atoms with Crippen molar-refractivity contribution in [3.05, 3.63) is 64.6 Å². The maximum absolute atomic E-state index is 13.3. The number of hydrogen-bond acceptors (Lipinski definition) is 9. The molecule has 1 aliphatic rings. The molecule has 1 amide bonds. The number of sulfonamides is 1. The number of benzene rings is 3. The van der Waals surface area contributed by atoms with E-state index in [1.807, 2.05) is 24.3 Å². The molecule has 0 bridgehead atoms. The molecule has 1 atom stereocenters. The average molecular weight is 557 g/mol. The number of hydrogen-bond donors (Lipinski definition) is 2. The highest BCUT2D eigenvalue weighted by atomic mass is 32.2. The van der Waals surface area contributed by atoms with Crippen molar-refractivity contribution in [2.75, 3.05) is 62.9 Å². The molecule has 4 rings (SSSR count). The smallest absolute Gasteiger partial charge is 0.257 e. The molecule has 0 saturated carbocycles. The summed E-state index contributed by atoms with van der Waals surface area (Å²) in [6.45, 7) is 6.13. The quantitative estimate of drug-likeness (QED) is 0.342. The number of rotatable bonds is 11. The van der Waals surface area contributed by atoms with Gasteiger partial charge in [-0.25, -0.2) is 8.42 Å². The molecule has 39 heavy (non-hydrogen) atoms. The first-order valence-electron chi connectivity index (χ1n) is 12.4. The van der Waals surface area contributed by atoms with Crippen LogP contribution >= 0.6 is 0 Å². The summed E-state index contributed by atoms with van der Waals surface area (Å²) in [6.07, 6.45) is 1.01. The third kappa shape index (κ3) is 7.02. The lowest BCUT2D eigenvalue weighted by atomic mass is 9.97. The normalized spacial score (nSPS) is 14.9. The summed E-state index contributed by atoms with van der Waals surface area (Å²) in [5.41, 5.74) is 1.45. The summed E-state index contributed by atoms with van der Waals surface area (Å²) in [5, 5.41) is 7.25. The molecule has 11 nitrogen and oxygen atoms in total. The van der Waals surface area contributed by atoms with E-state index in [9.17, 15) is 18.1 Å². The summed E-state index contributed by atoms with van der Waals surface area (Å²) >= 11 is 0. The number of methoxy groups -OCH3 is 1. The number of aryl methyl sites for hydroxylation is 1. The fourth-order valence-corrected chi connectivity index (χ4v) is 5.13. The van der Waals surface area contributed by atoms with Gasteiger partial charge in [-0.05, 0) is 41.6 Å². The van der Waals surface area contributed by atoms with Crippen LogP contribution in [0.2, 0.25) is 0 Å². The van der Waals surface area contributed by atoms with E-state index in [4.69, 9.17) is 14.2 Å². The van der Waals surface area contributed by atoms with Gasteiger partial charge in [-0.3, -0.25) is 14.4 Å². The molecule has 12 heteroatoms. The third-order valence-corrected chi connectivity index (χ3v) is 6.92. The summed E-state index contributed by atoms with van der Waals surface area (Å²) < 4.78 is 42.9. The molecule has 0 radical (unpaired) electrons. The average Bonchev–Trinajstić information content (AvgIpc) is 2.89. The number of anilines is 2. The summed E-state index contributed by atoms with van der Waals surface area (Å²) in [4.78, 5) is 27.6. The SMILES string of the molecule is COc1c(NC(=O)C(N=O)c2ccc(OCCN3CCOCC3)c3ccccc23)cc(C)cc1NS(C)(=O)=O.